The molecule has 1 heterocycles. The maximum Gasteiger partial charge on any atom is 0.164 e. The number of rotatable bonds is 5. The second-order valence-electron chi connectivity index (χ2n) is 5.26. The Morgan fingerprint density at radius 1 is 1.04 bits per heavy atom. The van der Waals surface area contributed by atoms with Crippen molar-refractivity contribution in [1.29, 1.82) is 0 Å². The zero-order chi connectivity index (χ0) is 16.1. The van der Waals surface area contributed by atoms with Gasteiger partial charge in [-0.2, -0.15) is 0 Å². The highest BCUT2D eigenvalue weighted by Gasteiger charge is 2.13. The first-order chi connectivity index (χ1) is 11.3. The molecule has 2 aromatic rings. The molecule has 1 N–H and O–H groups in total. The SMILES string of the molecule is COc1cccc(C(O)COc2ccc3c(c2)OCCCO3)c1. The molecular weight excluding hydrogens is 296 g/mol. The molecule has 23 heavy (non-hydrogen) atoms. The van der Waals surface area contributed by atoms with Gasteiger partial charge in [-0.3, -0.25) is 0 Å². The van der Waals surface area contributed by atoms with E-state index in [-0.39, 0.29) is 6.61 Å². The summed E-state index contributed by atoms with van der Waals surface area (Å²) in [5, 5.41) is 10.2. The fourth-order valence-electron chi connectivity index (χ4n) is 2.35. The summed E-state index contributed by atoms with van der Waals surface area (Å²) in [5.74, 6) is 2.74. The molecule has 0 spiro atoms. The Balaban J connectivity index is 1.64. The van der Waals surface area contributed by atoms with Crippen LogP contribution in [0.15, 0.2) is 42.5 Å². The lowest BCUT2D eigenvalue weighted by Gasteiger charge is -2.15. The summed E-state index contributed by atoms with van der Waals surface area (Å²) < 4.78 is 22.0. The zero-order valence-electron chi connectivity index (χ0n) is 13.0. The van der Waals surface area contributed by atoms with Crippen LogP contribution >= 0.6 is 0 Å². The normalized spacial score (nSPS) is 14.7. The first kappa shape index (κ1) is 15.5. The summed E-state index contributed by atoms with van der Waals surface area (Å²) in [6.07, 6.45) is 0.125. The van der Waals surface area contributed by atoms with E-state index in [9.17, 15) is 5.11 Å². The van der Waals surface area contributed by atoms with Crippen LogP contribution in [-0.4, -0.2) is 32.0 Å². The topological polar surface area (TPSA) is 57.2 Å². The summed E-state index contributed by atoms with van der Waals surface area (Å²) in [6.45, 7) is 1.43. The van der Waals surface area contributed by atoms with Crippen molar-refractivity contribution in [3.8, 4) is 23.0 Å². The predicted octanol–water partition coefficient (Wildman–Crippen LogP) is 2.97. The highest BCUT2D eigenvalue weighted by atomic mass is 16.5. The summed E-state index contributed by atoms with van der Waals surface area (Å²) in [5.41, 5.74) is 0.749. The second kappa shape index (κ2) is 7.24. The summed E-state index contributed by atoms with van der Waals surface area (Å²) >= 11 is 0. The highest BCUT2D eigenvalue weighted by Crippen LogP contribution is 2.33. The molecule has 0 amide bonds. The Morgan fingerprint density at radius 2 is 1.87 bits per heavy atom. The minimum atomic E-state index is -0.735. The average Bonchev–Trinajstić information content (AvgIpc) is 2.84. The van der Waals surface area contributed by atoms with E-state index < -0.39 is 6.10 Å². The van der Waals surface area contributed by atoms with Gasteiger partial charge in [0.05, 0.1) is 20.3 Å². The Hall–Kier alpha value is -2.40. The molecular formula is C18H20O5. The van der Waals surface area contributed by atoms with Gasteiger partial charge >= 0.3 is 0 Å². The van der Waals surface area contributed by atoms with E-state index in [1.54, 1.807) is 19.2 Å². The first-order valence-corrected chi connectivity index (χ1v) is 7.61. The number of benzene rings is 2. The Morgan fingerprint density at radius 3 is 2.70 bits per heavy atom. The van der Waals surface area contributed by atoms with E-state index >= 15 is 0 Å². The van der Waals surface area contributed by atoms with Crippen molar-refractivity contribution in [1.82, 2.24) is 0 Å². The summed E-state index contributed by atoms with van der Waals surface area (Å²) in [7, 11) is 1.60. The van der Waals surface area contributed by atoms with Crippen LogP contribution in [0.25, 0.3) is 0 Å². The molecule has 5 nitrogen and oxygen atoms in total. The molecule has 0 saturated heterocycles. The van der Waals surface area contributed by atoms with Gasteiger partial charge < -0.3 is 24.1 Å². The van der Waals surface area contributed by atoms with Crippen LogP contribution in [0, 0.1) is 0 Å². The maximum absolute atomic E-state index is 10.2. The molecule has 0 fully saturated rings. The van der Waals surface area contributed by atoms with Crippen molar-refractivity contribution in [3.05, 3.63) is 48.0 Å². The van der Waals surface area contributed by atoms with Crippen molar-refractivity contribution < 1.29 is 24.1 Å². The number of ether oxygens (including phenoxy) is 4. The van der Waals surface area contributed by atoms with Crippen molar-refractivity contribution in [2.24, 2.45) is 0 Å². The molecule has 1 atom stereocenters. The Bertz CT molecular complexity index is 656. The molecule has 0 saturated carbocycles. The Kier molecular flexibility index (Phi) is 4.88. The van der Waals surface area contributed by atoms with Crippen molar-refractivity contribution in [3.63, 3.8) is 0 Å². The fourth-order valence-corrected chi connectivity index (χ4v) is 2.35. The Labute approximate surface area is 135 Å². The number of methoxy groups -OCH3 is 1. The van der Waals surface area contributed by atoms with Crippen molar-refractivity contribution in [2.75, 3.05) is 26.9 Å². The molecule has 0 bridgehead atoms. The summed E-state index contributed by atoms with van der Waals surface area (Å²) in [6, 6.07) is 12.7. The van der Waals surface area contributed by atoms with Gasteiger partial charge in [0.15, 0.2) is 11.5 Å². The van der Waals surface area contributed by atoms with Gasteiger partial charge in [-0.15, -0.1) is 0 Å². The molecule has 5 heteroatoms. The van der Waals surface area contributed by atoms with Gasteiger partial charge in [-0.1, -0.05) is 12.1 Å². The lowest BCUT2D eigenvalue weighted by molar-refractivity contribution is 0.108. The van der Waals surface area contributed by atoms with Crippen LogP contribution in [0.4, 0.5) is 0 Å². The van der Waals surface area contributed by atoms with E-state index in [1.807, 2.05) is 30.3 Å². The number of hydrogen-bond acceptors (Lipinski definition) is 5. The molecule has 0 aromatic heterocycles. The van der Waals surface area contributed by atoms with Gasteiger partial charge in [-0.05, 0) is 29.8 Å². The number of aliphatic hydroxyl groups is 1. The molecule has 0 radical (unpaired) electrons. The minimum Gasteiger partial charge on any atom is -0.497 e. The fraction of sp³-hybridized carbons (Fsp3) is 0.333. The molecule has 0 aliphatic carbocycles. The third-order valence-electron chi connectivity index (χ3n) is 3.61. The van der Waals surface area contributed by atoms with Crippen LogP contribution in [0.1, 0.15) is 18.1 Å². The van der Waals surface area contributed by atoms with Crippen LogP contribution in [0.5, 0.6) is 23.0 Å². The van der Waals surface area contributed by atoms with Crippen molar-refractivity contribution >= 4 is 0 Å². The largest absolute Gasteiger partial charge is 0.497 e. The average molecular weight is 316 g/mol. The molecule has 1 aliphatic heterocycles. The smallest absolute Gasteiger partial charge is 0.164 e. The molecule has 2 aromatic carbocycles. The highest BCUT2D eigenvalue weighted by molar-refractivity contribution is 5.46. The number of aliphatic hydroxyl groups excluding tert-OH is 1. The van der Waals surface area contributed by atoms with Crippen LogP contribution < -0.4 is 18.9 Å². The van der Waals surface area contributed by atoms with Gasteiger partial charge in [0, 0.05) is 12.5 Å². The minimum absolute atomic E-state index is 0.146. The standard InChI is InChI=1S/C18H20O5/c1-20-14-5-2-4-13(10-14)16(19)12-23-15-6-7-17-18(11-15)22-9-3-8-21-17/h2,4-7,10-11,16,19H,3,8-9,12H2,1H3. The van der Waals surface area contributed by atoms with Crippen LogP contribution in [0.3, 0.4) is 0 Å². The zero-order valence-corrected chi connectivity index (χ0v) is 13.0. The number of hydrogen-bond donors (Lipinski definition) is 1. The molecule has 122 valence electrons. The monoisotopic (exact) mass is 316 g/mol. The third kappa shape index (κ3) is 3.87. The molecule has 1 aliphatic rings. The van der Waals surface area contributed by atoms with Gasteiger partial charge in [0.25, 0.3) is 0 Å². The third-order valence-corrected chi connectivity index (χ3v) is 3.61. The van der Waals surface area contributed by atoms with E-state index in [2.05, 4.69) is 0 Å². The second-order valence-corrected chi connectivity index (χ2v) is 5.26. The van der Waals surface area contributed by atoms with Crippen LogP contribution in [-0.2, 0) is 0 Å². The van der Waals surface area contributed by atoms with Gasteiger partial charge in [0.1, 0.15) is 24.2 Å². The van der Waals surface area contributed by atoms with E-state index in [0.717, 1.165) is 17.7 Å². The predicted molar refractivity (Wildman–Crippen MR) is 85.5 cm³/mol. The summed E-state index contributed by atoms with van der Waals surface area (Å²) in [4.78, 5) is 0. The van der Waals surface area contributed by atoms with Gasteiger partial charge in [-0.25, -0.2) is 0 Å². The lowest BCUT2D eigenvalue weighted by atomic mass is 10.1. The van der Waals surface area contributed by atoms with Crippen LogP contribution in [0.2, 0.25) is 0 Å². The lowest BCUT2D eigenvalue weighted by Crippen LogP contribution is -2.09. The molecule has 3 rings (SSSR count). The maximum atomic E-state index is 10.2. The van der Waals surface area contributed by atoms with E-state index in [0.29, 0.717) is 30.5 Å². The van der Waals surface area contributed by atoms with E-state index in [4.69, 9.17) is 18.9 Å². The van der Waals surface area contributed by atoms with E-state index in [1.165, 1.54) is 0 Å². The van der Waals surface area contributed by atoms with Gasteiger partial charge in [0.2, 0.25) is 0 Å². The quantitative estimate of drug-likeness (QED) is 0.919. The molecule has 1 unspecified atom stereocenters. The van der Waals surface area contributed by atoms with Crippen molar-refractivity contribution in [2.45, 2.75) is 12.5 Å². The number of fused-ring (bicyclic) bond motifs is 1. The first-order valence-electron chi connectivity index (χ1n) is 7.61.